The topological polar surface area (TPSA) is 103 Å². The molecule has 4 heterocycles. The first-order valence-corrected chi connectivity index (χ1v) is 6.51. The summed E-state index contributed by atoms with van der Waals surface area (Å²) in [5.74, 6) is 0. The first kappa shape index (κ1) is 12.1. The molecule has 1 aliphatic heterocycles. The molecule has 3 aromatic rings. The van der Waals surface area contributed by atoms with Gasteiger partial charge in [0.15, 0.2) is 0 Å². The molecule has 0 amide bonds. The number of aliphatic hydroxyl groups excluding tert-OH is 1. The number of hydrazine groups is 1. The number of aromatic nitrogens is 5. The minimum Gasteiger partial charge on any atom is -0.390 e. The Morgan fingerprint density at radius 1 is 1.38 bits per heavy atom. The van der Waals surface area contributed by atoms with Crippen molar-refractivity contribution in [3.8, 4) is 11.3 Å². The average Bonchev–Trinajstić information content (AvgIpc) is 3.25. The van der Waals surface area contributed by atoms with Gasteiger partial charge in [-0.2, -0.15) is 10.2 Å². The molecule has 0 aliphatic carbocycles. The molecule has 1 aliphatic rings. The number of fused-ring (bicyclic) bond motifs is 1. The van der Waals surface area contributed by atoms with E-state index in [1.165, 1.54) is 0 Å². The van der Waals surface area contributed by atoms with Crippen molar-refractivity contribution in [2.75, 3.05) is 6.61 Å². The Labute approximate surface area is 119 Å². The largest absolute Gasteiger partial charge is 0.390 e. The Hall–Kier alpha value is -2.71. The minimum absolute atomic E-state index is 0.0396. The number of rotatable bonds is 3. The summed E-state index contributed by atoms with van der Waals surface area (Å²) in [7, 11) is 0. The molecule has 106 valence electrons. The Balaban J connectivity index is 1.86. The molecule has 0 spiro atoms. The second kappa shape index (κ2) is 4.69. The lowest BCUT2D eigenvalue weighted by atomic mass is 10.1. The molecule has 8 heteroatoms. The fourth-order valence-electron chi connectivity index (χ4n) is 2.39. The van der Waals surface area contributed by atoms with Crippen molar-refractivity contribution in [2.24, 2.45) is 0 Å². The van der Waals surface area contributed by atoms with Crippen molar-refractivity contribution in [2.45, 2.75) is 6.04 Å². The Morgan fingerprint density at radius 3 is 3.10 bits per heavy atom. The highest BCUT2D eigenvalue weighted by molar-refractivity contribution is 5.75. The van der Waals surface area contributed by atoms with Gasteiger partial charge in [0.1, 0.15) is 0 Å². The van der Waals surface area contributed by atoms with Crippen molar-refractivity contribution in [1.82, 2.24) is 35.6 Å². The van der Waals surface area contributed by atoms with E-state index in [-0.39, 0.29) is 12.6 Å². The summed E-state index contributed by atoms with van der Waals surface area (Å²) in [5, 5.41) is 20.2. The van der Waals surface area contributed by atoms with E-state index in [1.54, 1.807) is 23.1 Å². The average molecular weight is 283 g/mol. The molecule has 0 fully saturated rings. The highest BCUT2D eigenvalue weighted by Crippen LogP contribution is 2.25. The SMILES string of the molecule is OCC1=CC(c2cn3nccc3c(-c3cn[nH]c3)n2)NN1. The van der Waals surface area contributed by atoms with E-state index < -0.39 is 0 Å². The number of aromatic amines is 1. The van der Waals surface area contributed by atoms with E-state index in [9.17, 15) is 0 Å². The van der Waals surface area contributed by atoms with E-state index in [4.69, 9.17) is 10.1 Å². The second-order valence-electron chi connectivity index (χ2n) is 4.76. The van der Waals surface area contributed by atoms with Gasteiger partial charge in [0.2, 0.25) is 0 Å². The zero-order chi connectivity index (χ0) is 14.2. The zero-order valence-corrected chi connectivity index (χ0v) is 11.0. The maximum Gasteiger partial charge on any atom is 0.0995 e. The van der Waals surface area contributed by atoms with Gasteiger partial charge in [-0.25, -0.2) is 14.9 Å². The molecule has 1 unspecified atom stereocenters. The Morgan fingerprint density at radius 2 is 2.33 bits per heavy atom. The molecule has 1 atom stereocenters. The van der Waals surface area contributed by atoms with Crippen LogP contribution in [-0.2, 0) is 0 Å². The van der Waals surface area contributed by atoms with Crippen LogP contribution >= 0.6 is 0 Å². The van der Waals surface area contributed by atoms with E-state index in [2.05, 4.69) is 26.1 Å². The second-order valence-corrected chi connectivity index (χ2v) is 4.76. The van der Waals surface area contributed by atoms with Crippen LogP contribution in [0, 0.1) is 0 Å². The lowest BCUT2D eigenvalue weighted by Gasteiger charge is -2.11. The molecular weight excluding hydrogens is 270 g/mol. The normalized spacial score (nSPS) is 18.0. The number of aliphatic hydroxyl groups is 1. The molecule has 0 saturated carbocycles. The van der Waals surface area contributed by atoms with Gasteiger partial charge in [0.05, 0.1) is 48.1 Å². The van der Waals surface area contributed by atoms with Gasteiger partial charge in [0.25, 0.3) is 0 Å². The molecule has 0 saturated heterocycles. The van der Waals surface area contributed by atoms with Gasteiger partial charge in [-0.1, -0.05) is 0 Å². The summed E-state index contributed by atoms with van der Waals surface area (Å²) in [6.45, 7) is -0.0396. The summed E-state index contributed by atoms with van der Waals surface area (Å²) < 4.78 is 1.79. The highest BCUT2D eigenvalue weighted by atomic mass is 16.3. The van der Waals surface area contributed by atoms with Crippen LogP contribution in [0.5, 0.6) is 0 Å². The summed E-state index contributed by atoms with van der Waals surface area (Å²) in [5.41, 5.74) is 10.2. The van der Waals surface area contributed by atoms with Gasteiger partial charge >= 0.3 is 0 Å². The lowest BCUT2D eigenvalue weighted by molar-refractivity contribution is 0.320. The van der Waals surface area contributed by atoms with Crippen LogP contribution in [0.3, 0.4) is 0 Å². The number of H-pyrrole nitrogens is 1. The minimum atomic E-state index is -0.119. The third-order valence-corrected chi connectivity index (χ3v) is 3.43. The maximum absolute atomic E-state index is 9.15. The molecule has 4 rings (SSSR count). The van der Waals surface area contributed by atoms with Gasteiger partial charge in [-0.05, 0) is 12.1 Å². The number of nitrogens with one attached hydrogen (secondary N) is 3. The monoisotopic (exact) mass is 283 g/mol. The van der Waals surface area contributed by atoms with Crippen molar-refractivity contribution in [1.29, 1.82) is 0 Å². The van der Waals surface area contributed by atoms with Gasteiger partial charge in [-0.3, -0.25) is 5.10 Å². The Bertz CT molecular complexity index is 805. The predicted octanol–water partition coefficient (Wildman–Crippen LogP) is 0.144. The Kier molecular flexibility index (Phi) is 2.69. The van der Waals surface area contributed by atoms with Gasteiger partial charge < -0.3 is 10.5 Å². The van der Waals surface area contributed by atoms with E-state index in [0.29, 0.717) is 0 Å². The van der Waals surface area contributed by atoms with Gasteiger partial charge in [-0.15, -0.1) is 0 Å². The standard InChI is InChI=1S/C13H13N7O/c21-7-9-3-10(19-18-9)11-6-20-12(1-2-16-20)13(17-11)8-4-14-15-5-8/h1-6,10,18-19,21H,7H2,(H,14,15). The summed E-state index contributed by atoms with van der Waals surface area (Å²) in [6.07, 6.45) is 9.04. The van der Waals surface area contributed by atoms with Crippen LogP contribution < -0.4 is 10.9 Å². The van der Waals surface area contributed by atoms with Crippen molar-refractivity contribution >= 4 is 5.52 Å². The number of hydrogen-bond donors (Lipinski definition) is 4. The molecular formula is C13H13N7O. The number of hydrogen-bond acceptors (Lipinski definition) is 6. The molecule has 0 aromatic carbocycles. The van der Waals surface area contributed by atoms with Crippen LogP contribution in [0.2, 0.25) is 0 Å². The molecule has 8 nitrogen and oxygen atoms in total. The first-order chi connectivity index (χ1) is 10.3. The molecule has 0 bridgehead atoms. The molecule has 4 N–H and O–H groups in total. The van der Waals surface area contributed by atoms with Crippen LogP contribution in [0.15, 0.2) is 42.6 Å². The summed E-state index contributed by atoms with van der Waals surface area (Å²) in [6, 6.07) is 1.79. The first-order valence-electron chi connectivity index (χ1n) is 6.51. The van der Waals surface area contributed by atoms with Crippen molar-refractivity contribution < 1.29 is 5.11 Å². The van der Waals surface area contributed by atoms with Crippen LogP contribution in [-0.4, -0.2) is 36.5 Å². The summed E-state index contributed by atoms with van der Waals surface area (Å²) >= 11 is 0. The quantitative estimate of drug-likeness (QED) is 0.545. The van der Waals surface area contributed by atoms with Crippen LogP contribution in [0.25, 0.3) is 16.8 Å². The zero-order valence-electron chi connectivity index (χ0n) is 11.0. The fourth-order valence-corrected chi connectivity index (χ4v) is 2.39. The molecule has 3 aromatic heterocycles. The van der Waals surface area contributed by atoms with E-state index in [0.717, 1.165) is 28.2 Å². The van der Waals surface area contributed by atoms with Crippen LogP contribution in [0.1, 0.15) is 11.7 Å². The molecule has 0 radical (unpaired) electrons. The fraction of sp³-hybridized carbons (Fsp3) is 0.154. The van der Waals surface area contributed by atoms with Crippen LogP contribution in [0.4, 0.5) is 0 Å². The van der Waals surface area contributed by atoms with E-state index >= 15 is 0 Å². The maximum atomic E-state index is 9.15. The van der Waals surface area contributed by atoms with Crippen molar-refractivity contribution in [3.05, 3.63) is 48.3 Å². The number of nitrogens with zero attached hydrogens (tertiary/aromatic N) is 4. The molecule has 21 heavy (non-hydrogen) atoms. The third kappa shape index (κ3) is 1.97. The third-order valence-electron chi connectivity index (χ3n) is 3.43. The highest BCUT2D eigenvalue weighted by Gasteiger charge is 2.20. The van der Waals surface area contributed by atoms with Crippen molar-refractivity contribution in [3.63, 3.8) is 0 Å². The predicted molar refractivity (Wildman–Crippen MR) is 74.7 cm³/mol. The smallest absolute Gasteiger partial charge is 0.0995 e. The van der Waals surface area contributed by atoms with Gasteiger partial charge in [0, 0.05) is 17.5 Å². The summed E-state index contributed by atoms with van der Waals surface area (Å²) in [4.78, 5) is 4.72. The van der Waals surface area contributed by atoms with E-state index in [1.807, 2.05) is 18.3 Å². The lowest BCUT2D eigenvalue weighted by Crippen LogP contribution is -2.28.